The van der Waals surface area contributed by atoms with E-state index in [1.165, 1.54) is 0 Å². The van der Waals surface area contributed by atoms with Gasteiger partial charge in [-0.1, -0.05) is 47.3 Å². The van der Waals surface area contributed by atoms with Crippen LogP contribution < -0.4 is 5.32 Å². The molecule has 0 bridgehead atoms. The second-order valence-electron chi connectivity index (χ2n) is 5.10. The van der Waals surface area contributed by atoms with Crippen molar-refractivity contribution in [3.63, 3.8) is 0 Å². The minimum atomic E-state index is -0.370. The Bertz CT molecular complexity index is 955. The van der Waals surface area contributed by atoms with Crippen molar-refractivity contribution in [3.05, 3.63) is 93.7 Å². The van der Waals surface area contributed by atoms with Crippen LogP contribution in [0.25, 0.3) is 0 Å². The number of hydrogen-bond acceptors (Lipinski definition) is 2. The fraction of sp³-hybridized carbons (Fsp3) is 0. The van der Waals surface area contributed by atoms with Crippen LogP contribution in [-0.4, -0.2) is 10.9 Å². The van der Waals surface area contributed by atoms with Crippen molar-refractivity contribution >= 4 is 34.8 Å². The Hall–Kier alpha value is -2.80. The zero-order valence-electron chi connectivity index (χ0n) is 13.0. The summed E-state index contributed by atoms with van der Waals surface area (Å²) < 4.78 is 0. The predicted molar refractivity (Wildman–Crippen MR) is 101 cm³/mol. The molecule has 1 heterocycles. The summed E-state index contributed by atoms with van der Waals surface area (Å²) in [5.74, 6) is 5.63. The van der Waals surface area contributed by atoms with Crippen LogP contribution in [0.15, 0.2) is 66.9 Å². The highest BCUT2D eigenvalue weighted by Gasteiger charge is 2.14. The Morgan fingerprint density at radius 3 is 2.40 bits per heavy atom. The van der Waals surface area contributed by atoms with Crippen molar-refractivity contribution in [2.24, 2.45) is 0 Å². The summed E-state index contributed by atoms with van der Waals surface area (Å²) in [6.45, 7) is 0. The summed E-state index contributed by atoms with van der Waals surface area (Å²) in [5, 5.41) is 3.39. The first-order valence-corrected chi connectivity index (χ1v) is 8.17. The normalized spacial score (nSPS) is 9.84. The molecule has 0 saturated heterocycles. The number of aromatic nitrogens is 1. The highest BCUT2D eigenvalue weighted by Crippen LogP contribution is 2.25. The monoisotopic (exact) mass is 366 g/mol. The van der Waals surface area contributed by atoms with Gasteiger partial charge in [-0.05, 0) is 48.4 Å². The largest absolute Gasteiger partial charge is 0.322 e. The molecule has 5 heteroatoms. The van der Waals surface area contributed by atoms with Crippen LogP contribution in [0.3, 0.4) is 0 Å². The topological polar surface area (TPSA) is 42.0 Å². The zero-order valence-corrected chi connectivity index (χ0v) is 14.5. The molecule has 3 nitrogen and oxygen atoms in total. The Kier molecular flexibility index (Phi) is 5.35. The third kappa shape index (κ3) is 4.39. The molecule has 0 aliphatic heterocycles. The molecular formula is C20H12Cl2N2O. The molecule has 0 atom stereocenters. The molecule has 3 aromatic rings. The van der Waals surface area contributed by atoms with Gasteiger partial charge in [-0.25, -0.2) is 4.98 Å². The number of nitrogens with one attached hydrogen (secondary N) is 1. The van der Waals surface area contributed by atoms with Gasteiger partial charge in [0.15, 0.2) is 0 Å². The first-order chi connectivity index (χ1) is 12.1. The summed E-state index contributed by atoms with van der Waals surface area (Å²) in [4.78, 5) is 16.6. The SMILES string of the molecule is O=C(Nc1cccc(C#Cc2ccccn2)c1)c1c(Cl)cccc1Cl. The van der Waals surface area contributed by atoms with E-state index in [9.17, 15) is 4.79 Å². The van der Waals surface area contributed by atoms with Crippen LogP contribution in [0.4, 0.5) is 5.69 Å². The molecule has 1 N–H and O–H groups in total. The number of rotatable bonds is 2. The summed E-state index contributed by atoms with van der Waals surface area (Å²) in [6.07, 6.45) is 1.69. The lowest BCUT2D eigenvalue weighted by Crippen LogP contribution is -2.13. The molecule has 122 valence electrons. The van der Waals surface area contributed by atoms with Gasteiger partial charge in [-0.15, -0.1) is 0 Å². The van der Waals surface area contributed by atoms with E-state index in [0.29, 0.717) is 21.4 Å². The quantitative estimate of drug-likeness (QED) is 0.645. The van der Waals surface area contributed by atoms with Crippen LogP contribution >= 0.6 is 23.2 Å². The number of pyridine rings is 1. The van der Waals surface area contributed by atoms with Crippen LogP contribution in [-0.2, 0) is 0 Å². The second kappa shape index (κ2) is 7.85. The summed E-state index contributed by atoms with van der Waals surface area (Å²) >= 11 is 12.1. The highest BCUT2D eigenvalue weighted by atomic mass is 35.5. The number of anilines is 1. The van der Waals surface area contributed by atoms with E-state index in [1.54, 1.807) is 36.5 Å². The summed E-state index contributed by atoms with van der Waals surface area (Å²) in [7, 11) is 0. The molecule has 0 fully saturated rings. The van der Waals surface area contributed by atoms with Gasteiger partial charge >= 0.3 is 0 Å². The Labute approximate surface area is 155 Å². The van der Waals surface area contributed by atoms with E-state index in [0.717, 1.165) is 5.56 Å². The third-order valence-corrected chi connectivity index (χ3v) is 3.94. The van der Waals surface area contributed by atoms with Crippen molar-refractivity contribution in [2.75, 3.05) is 5.32 Å². The van der Waals surface area contributed by atoms with Crippen LogP contribution in [0, 0.1) is 11.8 Å². The summed E-state index contributed by atoms with van der Waals surface area (Å²) in [5.41, 5.74) is 2.29. The van der Waals surface area contributed by atoms with Crippen molar-refractivity contribution in [1.29, 1.82) is 0 Å². The second-order valence-corrected chi connectivity index (χ2v) is 5.91. The average Bonchev–Trinajstić information content (AvgIpc) is 2.61. The molecule has 0 spiro atoms. The Morgan fingerprint density at radius 2 is 1.68 bits per heavy atom. The minimum absolute atomic E-state index is 0.246. The molecule has 0 radical (unpaired) electrons. The average molecular weight is 367 g/mol. The molecule has 3 rings (SSSR count). The number of benzene rings is 2. The van der Waals surface area contributed by atoms with Crippen molar-refractivity contribution < 1.29 is 4.79 Å². The third-order valence-electron chi connectivity index (χ3n) is 3.31. The molecule has 0 unspecified atom stereocenters. The van der Waals surface area contributed by atoms with E-state index >= 15 is 0 Å². The Balaban J connectivity index is 1.81. The Morgan fingerprint density at radius 1 is 0.920 bits per heavy atom. The molecule has 2 aromatic carbocycles. The van der Waals surface area contributed by atoms with E-state index < -0.39 is 0 Å². The fourth-order valence-electron chi connectivity index (χ4n) is 2.16. The molecule has 1 aromatic heterocycles. The maximum absolute atomic E-state index is 12.4. The number of amides is 1. The lowest BCUT2D eigenvalue weighted by atomic mass is 10.1. The van der Waals surface area contributed by atoms with E-state index in [4.69, 9.17) is 23.2 Å². The number of carbonyl (C=O) groups excluding carboxylic acids is 1. The molecule has 0 saturated carbocycles. The molecule has 25 heavy (non-hydrogen) atoms. The maximum atomic E-state index is 12.4. The number of carbonyl (C=O) groups is 1. The van der Waals surface area contributed by atoms with Gasteiger partial charge in [0.05, 0.1) is 15.6 Å². The van der Waals surface area contributed by atoms with Crippen LogP contribution in [0.1, 0.15) is 21.6 Å². The molecule has 0 aliphatic rings. The zero-order chi connectivity index (χ0) is 17.6. The lowest BCUT2D eigenvalue weighted by molar-refractivity contribution is 0.102. The van der Waals surface area contributed by atoms with E-state index in [-0.39, 0.29) is 11.5 Å². The van der Waals surface area contributed by atoms with Gasteiger partial charge in [0, 0.05) is 17.4 Å². The van der Waals surface area contributed by atoms with Crippen molar-refractivity contribution in [1.82, 2.24) is 4.98 Å². The van der Waals surface area contributed by atoms with Crippen molar-refractivity contribution in [2.45, 2.75) is 0 Å². The lowest BCUT2D eigenvalue weighted by Gasteiger charge is -2.08. The highest BCUT2D eigenvalue weighted by molar-refractivity contribution is 6.40. The van der Waals surface area contributed by atoms with Gasteiger partial charge in [0.25, 0.3) is 5.91 Å². The van der Waals surface area contributed by atoms with Crippen LogP contribution in [0.2, 0.25) is 10.0 Å². The van der Waals surface area contributed by atoms with E-state index in [1.807, 2.05) is 30.3 Å². The van der Waals surface area contributed by atoms with Gasteiger partial charge < -0.3 is 5.32 Å². The van der Waals surface area contributed by atoms with Crippen LogP contribution in [0.5, 0.6) is 0 Å². The predicted octanol–water partition coefficient (Wildman–Crippen LogP) is 5.04. The molecular weight excluding hydrogens is 355 g/mol. The minimum Gasteiger partial charge on any atom is -0.322 e. The number of halogens is 2. The van der Waals surface area contributed by atoms with Gasteiger partial charge in [0.2, 0.25) is 0 Å². The van der Waals surface area contributed by atoms with E-state index in [2.05, 4.69) is 22.1 Å². The molecule has 0 aliphatic carbocycles. The maximum Gasteiger partial charge on any atom is 0.258 e. The number of nitrogens with zero attached hydrogens (tertiary/aromatic N) is 1. The smallest absolute Gasteiger partial charge is 0.258 e. The van der Waals surface area contributed by atoms with Crippen molar-refractivity contribution in [3.8, 4) is 11.8 Å². The van der Waals surface area contributed by atoms with Gasteiger partial charge in [-0.2, -0.15) is 0 Å². The standard InChI is InChI=1S/C20H12Cl2N2O/c21-17-8-4-9-18(22)19(17)20(25)24-16-7-3-5-14(13-16)10-11-15-6-1-2-12-23-15/h1-9,12-13H,(H,24,25). The van der Waals surface area contributed by atoms with Gasteiger partial charge in [-0.3, -0.25) is 4.79 Å². The fourth-order valence-corrected chi connectivity index (χ4v) is 2.73. The first kappa shape index (κ1) is 17.0. The van der Waals surface area contributed by atoms with Gasteiger partial charge in [0.1, 0.15) is 5.69 Å². The summed E-state index contributed by atoms with van der Waals surface area (Å²) in [6, 6.07) is 17.7. The first-order valence-electron chi connectivity index (χ1n) is 7.42. The number of hydrogen-bond donors (Lipinski definition) is 1. The molecule has 1 amide bonds.